The zero-order valence-corrected chi connectivity index (χ0v) is 12.0. The summed E-state index contributed by atoms with van der Waals surface area (Å²) < 4.78 is 8.70. The Kier molecular flexibility index (Phi) is 7.26. The van der Waals surface area contributed by atoms with Crippen molar-refractivity contribution >= 4 is 14.0 Å². The highest BCUT2D eigenvalue weighted by atomic mass is 31.1. The van der Waals surface area contributed by atoms with Gasteiger partial charge in [0.2, 0.25) is 0 Å². The molecule has 9 heteroatoms. The Bertz CT molecular complexity index is 492. The van der Waals surface area contributed by atoms with Crippen molar-refractivity contribution in [2.24, 2.45) is 5.84 Å². The van der Waals surface area contributed by atoms with Crippen LogP contribution in [0.2, 0.25) is 0 Å². The van der Waals surface area contributed by atoms with E-state index >= 15 is 0 Å². The number of Topliss-reactive ketones (excluding diaryl/α,β-unsaturated/α-hetero) is 1. The molecule has 7 N–H and O–H groups in total. The van der Waals surface area contributed by atoms with Crippen LogP contribution in [0.4, 0.5) is 0 Å². The second-order valence-corrected chi connectivity index (χ2v) is 4.79. The average Bonchev–Trinajstić information content (AvgIpc) is 2.33. The van der Waals surface area contributed by atoms with E-state index in [-0.39, 0.29) is 17.3 Å². The Morgan fingerprint density at radius 3 is 2.20 bits per heavy atom. The SMILES string of the molecule is CC(=O)[C@](C)(Cc1ccc(O)c(O)c1)NN.O=[P+](O)O. The van der Waals surface area contributed by atoms with Crippen molar-refractivity contribution in [1.82, 2.24) is 5.43 Å². The van der Waals surface area contributed by atoms with Gasteiger partial charge >= 0.3 is 8.25 Å². The maximum absolute atomic E-state index is 11.4. The van der Waals surface area contributed by atoms with Crippen molar-refractivity contribution in [2.75, 3.05) is 0 Å². The van der Waals surface area contributed by atoms with Gasteiger partial charge in [-0.1, -0.05) is 6.07 Å². The molecule has 8 nitrogen and oxygen atoms in total. The maximum Gasteiger partial charge on any atom is 0.692 e. The summed E-state index contributed by atoms with van der Waals surface area (Å²) in [4.78, 5) is 25.6. The third kappa shape index (κ3) is 6.05. The summed E-state index contributed by atoms with van der Waals surface area (Å²) in [5.74, 6) is 4.85. The number of nitrogens with one attached hydrogen (secondary N) is 1. The van der Waals surface area contributed by atoms with E-state index in [4.69, 9.17) is 25.3 Å². The molecule has 1 aromatic carbocycles. The fourth-order valence-corrected chi connectivity index (χ4v) is 1.36. The summed E-state index contributed by atoms with van der Waals surface area (Å²) in [6.07, 6.45) is 0.340. The first-order valence-electron chi connectivity index (χ1n) is 5.47. The summed E-state index contributed by atoms with van der Waals surface area (Å²) in [5, 5.41) is 18.5. The van der Waals surface area contributed by atoms with Gasteiger partial charge in [0.15, 0.2) is 17.3 Å². The Morgan fingerprint density at radius 1 is 1.35 bits per heavy atom. The normalized spacial score (nSPS) is 12.8. The highest BCUT2D eigenvalue weighted by Crippen LogP contribution is 2.26. The Labute approximate surface area is 116 Å². The predicted octanol–water partition coefficient (Wildman–Crippen LogP) is 0.0797. The van der Waals surface area contributed by atoms with Gasteiger partial charge in [-0.2, -0.15) is 0 Å². The zero-order valence-electron chi connectivity index (χ0n) is 11.1. The van der Waals surface area contributed by atoms with E-state index in [0.29, 0.717) is 12.0 Å². The van der Waals surface area contributed by atoms with Gasteiger partial charge in [-0.25, -0.2) is 5.43 Å². The minimum atomic E-state index is -2.87. The number of benzene rings is 1. The smallest absolute Gasteiger partial charge is 0.504 e. The van der Waals surface area contributed by atoms with E-state index < -0.39 is 13.8 Å². The van der Waals surface area contributed by atoms with E-state index in [1.54, 1.807) is 13.0 Å². The largest absolute Gasteiger partial charge is 0.692 e. The molecule has 1 rings (SSSR count). The van der Waals surface area contributed by atoms with Crippen LogP contribution in [-0.2, 0) is 15.8 Å². The highest BCUT2D eigenvalue weighted by molar-refractivity contribution is 7.30. The molecule has 0 saturated carbocycles. The molecule has 112 valence electrons. The van der Waals surface area contributed by atoms with Crippen LogP contribution in [0, 0.1) is 0 Å². The molecule has 0 aromatic heterocycles. The van der Waals surface area contributed by atoms with Gasteiger partial charge in [0.1, 0.15) is 0 Å². The lowest BCUT2D eigenvalue weighted by Crippen LogP contribution is -2.53. The Balaban J connectivity index is 0.000000796. The van der Waals surface area contributed by atoms with E-state index in [1.807, 2.05) is 0 Å². The molecule has 0 fully saturated rings. The number of rotatable bonds is 4. The molecule has 0 heterocycles. The second kappa shape index (κ2) is 7.88. The molecule has 0 bridgehead atoms. The number of phenolic OH excluding ortho intramolecular Hbond substituents is 2. The summed E-state index contributed by atoms with van der Waals surface area (Å²) in [7, 11) is -2.87. The third-order valence-corrected chi connectivity index (χ3v) is 2.69. The monoisotopic (exact) mass is 305 g/mol. The van der Waals surface area contributed by atoms with Crippen molar-refractivity contribution in [1.29, 1.82) is 0 Å². The fraction of sp³-hybridized carbons (Fsp3) is 0.364. The summed E-state index contributed by atoms with van der Waals surface area (Å²) in [6.45, 7) is 3.12. The lowest BCUT2D eigenvalue weighted by Gasteiger charge is -2.25. The summed E-state index contributed by atoms with van der Waals surface area (Å²) >= 11 is 0. The molecule has 0 amide bonds. The molecule has 0 spiro atoms. The van der Waals surface area contributed by atoms with E-state index in [1.165, 1.54) is 19.1 Å². The molecule has 1 aromatic rings. The van der Waals surface area contributed by atoms with Gasteiger partial charge in [0, 0.05) is 4.57 Å². The zero-order chi connectivity index (χ0) is 15.9. The highest BCUT2D eigenvalue weighted by Gasteiger charge is 2.28. The van der Waals surface area contributed by atoms with Crippen LogP contribution in [-0.4, -0.2) is 31.3 Å². The molecule has 0 radical (unpaired) electrons. The van der Waals surface area contributed by atoms with Crippen molar-refractivity contribution in [3.63, 3.8) is 0 Å². The van der Waals surface area contributed by atoms with E-state index in [2.05, 4.69) is 5.43 Å². The summed E-state index contributed by atoms with van der Waals surface area (Å²) in [5.41, 5.74) is 2.31. The number of carbonyl (C=O) groups excluding carboxylic acids is 1. The lowest BCUT2D eigenvalue weighted by molar-refractivity contribution is -0.122. The third-order valence-electron chi connectivity index (χ3n) is 2.69. The van der Waals surface area contributed by atoms with Gasteiger partial charge in [0.25, 0.3) is 0 Å². The number of hydrazine groups is 1. The van der Waals surface area contributed by atoms with Crippen LogP contribution in [0.5, 0.6) is 11.5 Å². The molecule has 0 saturated heterocycles. The minimum absolute atomic E-state index is 0.0948. The molecule has 0 aliphatic heterocycles. The lowest BCUT2D eigenvalue weighted by atomic mass is 9.90. The van der Waals surface area contributed by atoms with E-state index in [0.717, 1.165) is 0 Å². The molecule has 0 aliphatic carbocycles. The molecular weight excluding hydrogens is 287 g/mol. The number of hydrogen-bond acceptors (Lipinski definition) is 6. The number of nitrogens with two attached hydrogens (primary N) is 1. The van der Waals surface area contributed by atoms with Crippen LogP contribution in [0.15, 0.2) is 18.2 Å². The molecule has 0 aliphatic rings. The molecule has 0 unspecified atom stereocenters. The first-order chi connectivity index (χ1) is 9.12. The van der Waals surface area contributed by atoms with Crippen LogP contribution in [0.1, 0.15) is 19.4 Å². The quantitative estimate of drug-likeness (QED) is 0.198. The van der Waals surface area contributed by atoms with Gasteiger partial charge < -0.3 is 10.2 Å². The van der Waals surface area contributed by atoms with Gasteiger partial charge in [-0.15, -0.1) is 9.79 Å². The summed E-state index contributed by atoms with van der Waals surface area (Å²) in [6, 6.07) is 4.42. The van der Waals surface area contributed by atoms with Crippen LogP contribution >= 0.6 is 8.25 Å². The molecule has 1 atom stereocenters. The van der Waals surface area contributed by atoms with Crippen molar-refractivity contribution in [2.45, 2.75) is 25.8 Å². The standard InChI is InChI=1S/C11H16N2O3.HO3P/c1-7(14)11(2,13-12)6-8-3-4-9(15)10(16)5-8;1-4(2)3/h3-5,13,15-16H,6,12H2,1-2H3;(H-,1,2,3)/p+1/t11-;/m0./s1. The van der Waals surface area contributed by atoms with Crippen LogP contribution < -0.4 is 11.3 Å². The van der Waals surface area contributed by atoms with Crippen molar-refractivity contribution in [3.05, 3.63) is 23.8 Å². The number of ketones is 1. The molecular formula is C11H18N2O6P+. The van der Waals surface area contributed by atoms with E-state index in [9.17, 15) is 9.90 Å². The first kappa shape index (κ1) is 18.4. The Hall–Kier alpha value is -1.57. The fourth-order valence-electron chi connectivity index (χ4n) is 1.36. The number of aromatic hydroxyl groups is 2. The van der Waals surface area contributed by atoms with Crippen LogP contribution in [0.3, 0.4) is 0 Å². The average molecular weight is 305 g/mol. The van der Waals surface area contributed by atoms with Crippen LogP contribution in [0.25, 0.3) is 0 Å². The minimum Gasteiger partial charge on any atom is -0.504 e. The predicted molar refractivity (Wildman–Crippen MR) is 71.9 cm³/mol. The first-order valence-corrected chi connectivity index (χ1v) is 6.63. The van der Waals surface area contributed by atoms with Crippen molar-refractivity contribution in [3.8, 4) is 11.5 Å². The van der Waals surface area contributed by atoms with Crippen molar-refractivity contribution < 1.29 is 29.4 Å². The Morgan fingerprint density at radius 2 is 1.85 bits per heavy atom. The number of phenols is 2. The topological polar surface area (TPSA) is 153 Å². The van der Waals surface area contributed by atoms with Gasteiger partial charge in [0.05, 0.1) is 5.54 Å². The van der Waals surface area contributed by atoms with Gasteiger partial charge in [-0.3, -0.25) is 10.6 Å². The number of carbonyl (C=O) groups is 1. The number of hydrogen-bond donors (Lipinski definition) is 6. The second-order valence-electron chi connectivity index (χ2n) is 4.29. The van der Waals surface area contributed by atoms with Gasteiger partial charge in [-0.05, 0) is 38.0 Å². The maximum atomic E-state index is 11.4. The molecule has 20 heavy (non-hydrogen) atoms.